The molecule has 0 bridgehead atoms. The van der Waals surface area contributed by atoms with E-state index in [1.807, 2.05) is 0 Å². The molecule has 1 aliphatic rings. The van der Waals surface area contributed by atoms with Crippen LogP contribution >= 0.6 is 0 Å². The third-order valence-corrected chi connectivity index (χ3v) is 5.75. The van der Waals surface area contributed by atoms with Crippen LogP contribution in [0, 0.1) is 18.8 Å². The summed E-state index contributed by atoms with van der Waals surface area (Å²) in [5.41, 5.74) is 6.74. The van der Waals surface area contributed by atoms with E-state index >= 15 is 0 Å². The molecule has 0 atom stereocenters. The van der Waals surface area contributed by atoms with Gasteiger partial charge in [-0.15, -0.1) is 0 Å². The molecule has 0 amide bonds. The Morgan fingerprint density at radius 2 is 1.38 bits per heavy atom. The number of benzene rings is 2. The standard InChI is InChI=1S/C22H28O2/c1-13(2)22(14(3)4)19-11-16(23-6)8-9-18(19)21-15(5)10-17(24-7)12-20(21)22/h8-14H,1-7H3. The lowest BCUT2D eigenvalue weighted by atomic mass is 9.63. The smallest absolute Gasteiger partial charge is 0.119 e. The predicted molar refractivity (Wildman–Crippen MR) is 100 cm³/mol. The minimum absolute atomic E-state index is 0.0293. The molecule has 24 heavy (non-hydrogen) atoms. The van der Waals surface area contributed by atoms with Crippen LogP contribution in [0.3, 0.4) is 0 Å². The van der Waals surface area contributed by atoms with Crippen molar-refractivity contribution >= 4 is 0 Å². The lowest BCUT2D eigenvalue weighted by molar-refractivity contribution is 0.278. The molecule has 2 nitrogen and oxygen atoms in total. The van der Waals surface area contributed by atoms with Gasteiger partial charge in [-0.3, -0.25) is 0 Å². The van der Waals surface area contributed by atoms with Gasteiger partial charge in [-0.2, -0.15) is 0 Å². The summed E-state index contributed by atoms with van der Waals surface area (Å²) in [6, 6.07) is 10.9. The Balaban J connectivity index is 2.45. The molecule has 2 aromatic carbocycles. The second-order valence-electron chi connectivity index (χ2n) is 7.46. The van der Waals surface area contributed by atoms with Gasteiger partial charge in [0.2, 0.25) is 0 Å². The summed E-state index contributed by atoms with van der Waals surface area (Å²) >= 11 is 0. The topological polar surface area (TPSA) is 18.5 Å². The fourth-order valence-electron chi connectivity index (χ4n) is 4.82. The lowest BCUT2D eigenvalue weighted by Crippen LogP contribution is -2.37. The van der Waals surface area contributed by atoms with Gasteiger partial charge in [0.15, 0.2) is 0 Å². The lowest BCUT2D eigenvalue weighted by Gasteiger charge is -2.40. The summed E-state index contributed by atoms with van der Waals surface area (Å²) in [5.74, 6) is 2.81. The summed E-state index contributed by atoms with van der Waals surface area (Å²) in [6.07, 6.45) is 0. The molecule has 0 unspecified atom stereocenters. The first-order chi connectivity index (χ1) is 11.4. The normalized spacial score (nSPS) is 14.7. The van der Waals surface area contributed by atoms with Crippen LogP contribution in [-0.4, -0.2) is 14.2 Å². The highest BCUT2D eigenvalue weighted by atomic mass is 16.5. The van der Waals surface area contributed by atoms with Gasteiger partial charge in [-0.25, -0.2) is 0 Å². The molecule has 1 aliphatic carbocycles. The van der Waals surface area contributed by atoms with Crippen molar-refractivity contribution in [2.45, 2.75) is 40.0 Å². The second kappa shape index (κ2) is 5.84. The minimum Gasteiger partial charge on any atom is -0.497 e. The summed E-state index contributed by atoms with van der Waals surface area (Å²) < 4.78 is 11.1. The Hall–Kier alpha value is -1.96. The molecular weight excluding hydrogens is 296 g/mol. The maximum Gasteiger partial charge on any atom is 0.119 e. The van der Waals surface area contributed by atoms with E-state index in [9.17, 15) is 0 Å². The molecule has 0 radical (unpaired) electrons. The van der Waals surface area contributed by atoms with Gasteiger partial charge >= 0.3 is 0 Å². The third kappa shape index (κ3) is 2.08. The average Bonchev–Trinajstić information content (AvgIpc) is 2.85. The van der Waals surface area contributed by atoms with Gasteiger partial charge in [0.25, 0.3) is 0 Å². The number of aryl methyl sites for hydroxylation is 1. The van der Waals surface area contributed by atoms with Crippen LogP contribution in [-0.2, 0) is 5.41 Å². The van der Waals surface area contributed by atoms with Crippen LogP contribution in [0.25, 0.3) is 11.1 Å². The summed E-state index contributed by atoms with van der Waals surface area (Å²) in [6.45, 7) is 11.5. The van der Waals surface area contributed by atoms with Gasteiger partial charge in [0.1, 0.15) is 11.5 Å². The number of rotatable bonds is 4. The third-order valence-electron chi connectivity index (χ3n) is 5.75. The van der Waals surface area contributed by atoms with Crippen molar-refractivity contribution in [2.75, 3.05) is 14.2 Å². The maximum absolute atomic E-state index is 5.59. The zero-order valence-electron chi connectivity index (χ0n) is 15.9. The Kier molecular flexibility index (Phi) is 4.11. The monoisotopic (exact) mass is 324 g/mol. The van der Waals surface area contributed by atoms with E-state index < -0.39 is 0 Å². The van der Waals surface area contributed by atoms with Gasteiger partial charge in [0, 0.05) is 5.41 Å². The number of methoxy groups -OCH3 is 2. The highest BCUT2D eigenvalue weighted by Crippen LogP contribution is 2.58. The molecule has 2 aromatic rings. The van der Waals surface area contributed by atoms with E-state index in [0.717, 1.165) is 11.5 Å². The van der Waals surface area contributed by atoms with Gasteiger partial charge < -0.3 is 9.47 Å². The van der Waals surface area contributed by atoms with Gasteiger partial charge in [-0.05, 0) is 70.8 Å². The van der Waals surface area contributed by atoms with E-state index in [-0.39, 0.29) is 5.41 Å². The highest BCUT2D eigenvalue weighted by Gasteiger charge is 2.48. The van der Waals surface area contributed by atoms with Crippen molar-refractivity contribution in [1.29, 1.82) is 0 Å². The first-order valence-electron chi connectivity index (χ1n) is 8.75. The van der Waals surface area contributed by atoms with Crippen molar-refractivity contribution in [3.05, 3.63) is 47.0 Å². The molecular formula is C22H28O2. The largest absolute Gasteiger partial charge is 0.497 e. The second-order valence-corrected chi connectivity index (χ2v) is 7.46. The average molecular weight is 324 g/mol. The molecule has 0 fully saturated rings. The van der Waals surface area contributed by atoms with E-state index in [0.29, 0.717) is 11.8 Å². The molecule has 128 valence electrons. The van der Waals surface area contributed by atoms with Crippen LogP contribution < -0.4 is 9.47 Å². The molecule has 0 aliphatic heterocycles. The van der Waals surface area contributed by atoms with E-state index in [4.69, 9.17) is 9.47 Å². The fraction of sp³-hybridized carbons (Fsp3) is 0.455. The highest BCUT2D eigenvalue weighted by molar-refractivity contribution is 5.85. The summed E-state index contributed by atoms with van der Waals surface area (Å²) in [7, 11) is 3.49. The SMILES string of the molecule is COc1ccc2c(c1)C(C(C)C)(C(C)C)c1cc(OC)cc(C)c1-2. The maximum atomic E-state index is 5.59. The first kappa shape index (κ1) is 16.9. The van der Waals surface area contributed by atoms with Crippen molar-refractivity contribution in [3.63, 3.8) is 0 Å². The number of hydrogen-bond acceptors (Lipinski definition) is 2. The summed E-state index contributed by atoms with van der Waals surface area (Å²) in [5, 5.41) is 0. The van der Waals surface area contributed by atoms with Crippen molar-refractivity contribution in [1.82, 2.24) is 0 Å². The van der Waals surface area contributed by atoms with Gasteiger partial charge in [0.05, 0.1) is 14.2 Å². The van der Waals surface area contributed by atoms with Crippen molar-refractivity contribution in [2.24, 2.45) is 11.8 Å². The Morgan fingerprint density at radius 1 is 0.792 bits per heavy atom. The fourth-order valence-corrected chi connectivity index (χ4v) is 4.82. The molecule has 0 aromatic heterocycles. The molecule has 0 N–H and O–H groups in total. The molecule has 0 saturated heterocycles. The Bertz CT molecular complexity index is 764. The first-order valence-corrected chi connectivity index (χ1v) is 8.75. The number of hydrogen-bond donors (Lipinski definition) is 0. The molecule has 0 heterocycles. The molecule has 0 spiro atoms. The molecule has 3 rings (SSSR count). The van der Waals surface area contributed by atoms with Crippen LogP contribution in [0.5, 0.6) is 11.5 Å². The Labute approximate surface area is 145 Å². The van der Waals surface area contributed by atoms with E-state index in [2.05, 4.69) is 65.0 Å². The van der Waals surface area contributed by atoms with E-state index in [1.165, 1.54) is 27.8 Å². The van der Waals surface area contributed by atoms with Crippen LogP contribution in [0.2, 0.25) is 0 Å². The Morgan fingerprint density at radius 3 is 1.92 bits per heavy atom. The van der Waals surface area contributed by atoms with Crippen LogP contribution in [0.1, 0.15) is 44.4 Å². The quantitative estimate of drug-likeness (QED) is 0.730. The zero-order valence-corrected chi connectivity index (χ0v) is 15.9. The molecule has 0 saturated carbocycles. The zero-order chi connectivity index (χ0) is 17.6. The predicted octanol–water partition coefficient (Wildman–Crippen LogP) is 5.59. The van der Waals surface area contributed by atoms with Crippen LogP contribution in [0.15, 0.2) is 30.3 Å². The summed E-state index contributed by atoms with van der Waals surface area (Å²) in [4.78, 5) is 0. The van der Waals surface area contributed by atoms with E-state index in [1.54, 1.807) is 14.2 Å². The minimum atomic E-state index is -0.0293. The van der Waals surface area contributed by atoms with Crippen LogP contribution in [0.4, 0.5) is 0 Å². The number of ether oxygens (including phenoxy) is 2. The van der Waals surface area contributed by atoms with Gasteiger partial charge in [-0.1, -0.05) is 33.8 Å². The van der Waals surface area contributed by atoms with Crippen molar-refractivity contribution < 1.29 is 9.47 Å². The van der Waals surface area contributed by atoms with Crippen molar-refractivity contribution in [3.8, 4) is 22.6 Å². The molecule has 2 heteroatoms. The number of fused-ring (bicyclic) bond motifs is 3.